The van der Waals surface area contributed by atoms with Gasteiger partial charge in [-0.3, -0.25) is 4.79 Å². The van der Waals surface area contributed by atoms with Crippen LogP contribution in [-0.2, 0) is 0 Å². The largest absolute Gasteiger partial charge is 0.496 e. The molecule has 6 atom stereocenters. The van der Waals surface area contributed by atoms with Gasteiger partial charge in [0.05, 0.1) is 14.2 Å². The van der Waals surface area contributed by atoms with E-state index in [0.717, 1.165) is 5.56 Å². The number of nitrogens with two attached hydrogens (primary N) is 1. The number of hydrogen-bond donors (Lipinski definition) is 3. The molecule has 0 amide bonds. The van der Waals surface area contributed by atoms with Crippen LogP contribution in [0.25, 0.3) is 0 Å². The topological polar surface area (TPSA) is 103 Å². The molecule has 0 aromatic heterocycles. The molecule has 1 heterocycles. The first-order chi connectivity index (χ1) is 15.7. The number of aliphatic hydroxyl groups excluding tert-OH is 1. The Bertz CT molecular complexity index is 1080. The predicted octanol–water partition coefficient (Wildman–Crippen LogP) is 3.63. The van der Waals surface area contributed by atoms with E-state index < -0.39 is 35.6 Å². The fourth-order valence-corrected chi connectivity index (χ4v) is 5.92. The summed E-state index contributed by atoms with van der Waals surface area (Å²) >= 11 is 13.0. The SMILES string of the molecule is CNC(c1ccccc1Cl)C1C(N)C[C@@H](C)[C@]2(Oc3c(Cl)c(OC)cc(OC)c3C2=O)C1O. The molecule has 1 fully saturated rings. The Balaban J connectivity index is 1.84. The molecule has 4 rings (SSSR count). The van der Waals surface area contributed by atoms with Gasteiger partial charge in [0, 0.05) is 35.0 Å². The Labute approximate surface area is 203 Å². The molecule has 4 unspecified atom stereocenters. The zero-order valence-corrected chi connectivity index (χ0v) is 20.4. The highest BCUT2D eigenvalue weighted by Crippen LogP contribution is 2.56. The number of Topliss-reactive ketones (excluding diaryl/α,β-unsaturated/α-hetero) is 1. The molecule has 1 spiro atoms. The highest BCUT2D eigenvalue weighted by molar-refractivity contribution is 6.35. The maximum absolute atomic E-state index is 13.9. The summed E-state index contributed by atoms with van der Waals surface area (Å²) < 4.78 is 17.1. The molecule has 1 aliphatic heterocycles. The zero-order valence-electron chi connectivity index (χ0n) is 18.9. The first-order valence-electron chi connectivity index (χ1n) is 10.8. The van der Waals surface area contributed by atoms with E-state index in [0.29, 0.717) is 17.2 Å². The van der Waals surface area contributed by atoms with E-state index in [1.807, 2.05) is 25.1 Å². The fourth-order valence-electron chi connectivity index (χ4n) is 5.40. The maximum atomic E-state index is 13.9. The van der Waals surface area contributed by atoms with Gasteiger partial charge >= 0.3 is 0 Å². The van der Waals surface area contributed by atoms with Crippen molar-refractivity contribution in [2.75, 3.05) is 21.3 Å². The fraction of sp³-hybridized carbons (Fsp3) is 0.458. The number of methoxy groups -OCH3 is 2. The third-order valence-electron chi connectivity index (χ3n) is 7.04. The van der Waals surface area contributed by atoms with Crippen LogP contribution in [0.5, 0.6) is 17.2 Å². The third-order valence-corrected chi connectivity index (χ3v) is 7.74. The lowest BCUT2D eigenvalue weighted by atomic mass is 9.62. The molecule has 1 aliphatic carbocycles. The molecule has 1 saturated carbocycles. The smallest absolute Gasteiger partial charge is 0.216 e. The van der Waals surface area contributed by atoms with E-state index in [2.05, 4.69) is 5.32 Å². The summed E-state index contributed by atoms with van der Waals surface area (Å²) in [4.78, 5) is 13.9. The molecular formula is C24H28Cl2N2O5. The van der Waals surface area contributed by atoms with Crippen molar-refractivity contribution in [3.8, 4) is 17.2 Å². The zero-order chi connectivity index (χ0) is 24.1. The van der Waals surface area contributed by atoms with Crippen molar-refractivity contribution in [1.29, 1.82) is 0 Å². The lowest BCUT2D eigenvalue weighted by Gasteiger charge is -2.50. The third kappa shape index (κ3) is 3.49. The van der Waals surface area contributed by atoms with Crippen molar-refractivity contribution in [1.82, 2.24) is 5.32 Å². The number of hydrogen-bond acceptors (Lipinski definition) is 7. The first kappa shape index (κ1) is 24.1. The number of nitrogens with one attached hydrogen (secondary N) is 1. The Morgan fingerprint density at radius 3 is 2.52 bits per heavy atom. The minimum atomic E-state index is -1.58. The van der Waals surface area contributed by atoms with Crippen molar-refractivity contribution in [3.63, 3.8) is 0 Å². The molecule has 2 aromatic carbocycles. The molecule has 0 saturated heterocycles. The van der Waals surface area contributed by atoms with Gasteiger partial charge in [0.25, 0.3) is 0 Å². The van der Waals surface area contributed by atoms with Crippen molar-refractivity contribution in [3.05, 3.63) is 51.5 Å². The summed E-state index contributed by atoms with van der Waals surface area (Å²) in [6.45, 7) is 1.85. The summed E-state index contributed by atoms with van der Waals surface area (Å²) in [5.74, 6) is -0.616. The van der Waals surface area contributed by atoms with E-state index in [1.165, 1.54) is 14.2 Å². The number of fused-ring (bicyclic) bond motifs is 1. The molecule has 2 aromatic rings. The van der Waals surface area contributed by atoms with Crippen LogP contribution in [-0.4, -0.2) is 49.9 Å². The lowest BCUT2D eigenvalue weighted by molar-refractivity contribution is -0.118. The molecule has 0 bridgehead atoms. The van der Waals surface area contributed by atoms with Crippen LogP contribution >= 0.6 is 23.2 Å². The second kappa shape index (κ2) is 8.96. The number of rotatable bonds is 5. The monoisotopic (exact) mass is 494 g/mol. The highest BCUT2D eigenvalue weighted by Gasteiger charge is 2.64. The molecule has 178 valence electrons. The number of aliphatic hydroxyl groups is 1. The van der Waals surface area contributed by atoms with E-state index in [9.17, 15) is 9.90 Å². The molecule has 0 radical (unpaired) electrons. The summed E-state index contributed by atoms with van der Waals surface area (Å²) in [6, 6.07) is 8.08. The number of ketones is 1. The minimum Gasteiger partial charge on any atom is -0.496 e. The van der Waals surface area contributed by atoms with E-state index in [1.54, 1.807) is 19.2 Å². The van der Waals surface area contributed by atoms with Gasteiger partial charge in [-0.15, -0.1) is 0 Å². The van der Waals surface area contributed by atoms with Crippen molar-refractivity contribution in [2.45, 2.75) is 37.1 Å². The van der Waals surface area contributed by atoms with Crippen LogP contribution < -0.4 is 25.3 Å². The first-order valence-corrected chi connectivity index (χ1v) is 11.5. The van der Waals surface area contributed by atoms with E-state index >= 15 is 0 Å². The highest BCUT2D eigenvalue weighted by atomic mass is 35.5. The number of halogens is 2. The van der Waals surface area contributed by atoms with Crippen LogP contribution in [0.4, 0.5) is 0 Å². The average molecular weight is 495 g/mol. The van der Waals surface area contributed by atoms with Crippen molar-refractivity contribution < 1.29 is 24.1 Å². The predicted molar refractivity (Wildman–Crippen MR) is 127 cm³/mol. The van der Waals surface area contributed by atoms with Gasteiger partial charge in [0.2, 0.25) is 11.4 Å². The van der Waals surface area contributed by atoms with Crippen LogP contribution in [0.3, 0.4) is 0 Å². The molecule has 7 nitrogen and oxygen atoms in total. The summed E-state index contributed by atoms with van der Waals surface area (Å²) in [5.41, 5.74) is 5.98. The maximum Gasteiger partial charge on any atom is 0.216 e. The molecule has 9 heteroatoms. The Hall–Kier alpha value is -2.03. The van der Waals surface area contributed by atoms with Crippen LogP contribution in [0.2, 0.25) is 10.0 Å². The van der Waals surface area contributed by atoms with Gasteiger partial charge in [0.1, 0.15) is 28.2 Å². The summed E-state index contributed by atoms with van der Waals surface area (Å²) in [5, 5.41) is 15.7. The Kier molecular flexibility index (Phi) is 6.55. The van der Waals surface area contributed by atoms with Gasteiger partial charge in [-0.1, -0.05) is 48.3 Å². The Morgan fingerprint density at radius 2 is 1.91 bits per heavy atom. The van der Waals surface area contributed by atoms with Gasteiger partial charge in [-0.25, -0.2) is 0 Å². The normalized spacial score (nSPS) is 29.5. The molecule has 33 heavy (non-hydrogen) atoms. The summed E-state index contributed by atoms with van der Waals surface area (Å²) in [6.07, 6.45) is -0.808. The number of ether oxygens (including phenoxy) is 3. The number of carbonyl (C=O) groups is 1. The standard InChI is InChI=1S/C24H28Cl2N2O5/c1-11-9-14(27)17(20(28-2)12-7-5-6-8-13(12)25)22(29)24(11)23(30)18-15(31-3)10-16(32-4)19(26)21(18)33-24/h5-8,10-11,14,17,20,22,28-29H,9,27H2,1-4H3/t11-,14?,17?,20?,22?,24+/m1/s1. The average Bonchev–Trinajstić information content (AvgIpc) is 3.11. The lowest BCUT2D eigenvalue weighted by Crippen LogP contribution is -2.67. The van der Waals surface area contributed by atoms with Gasteiger partial charge in [0.15, 0.2) is 5.75 Å². The van der Waals surface area contributed by atoms with E-state index in [-0.39, 0.29) is 27.9 Å². The van der Waals surface area contributed by atoms with Crippen LogP contribution in [0.1, 0.15) is 35.3 Å². The second-order valence-corrected chi connectivity index (χ2v) is 9.42. The molecule has 2 aliphatic rings. The Morgan fingerprint density at radius 1 is 1.24 bits per heavy atom. The molecular weight excluding hydrogens is 467 g/mol. The summed E-state index contributed by atoms with van der Waals surface area (Å²) in [7, 11) is 4.69. The van der Waals surface area contributed by atoms with Crippen molar-refractivity contribution in [2.24, 2.45) is 17.6 Å². The van der Waals surface area contributed by atoms with Crippen molar-refractivity contribution >= 4 is 29.0 Å². The van der Waals surface area contributed by atoms with Gasteiger partial charge < -0.3 is 30.4 Å². The van der Waals surface area contributed by atoms with Gasteiger partial charge in [-0.05, 0) is 25.1 Å². The van der Waals surface area contributed by atoms with Crippen LogP contribution in [0.15, 0.2) is 30.3 Å². The second-order valence-electron chi connectivity index (χ2n) is 8.63. The quantitative estimate of drug-likeness (QED) is 0.582. The minimum absolute atomic E-state index is 0.150. The number of benzene rings is 2. The van der Waals surface area contributed by atoms with Gasteiger partial charge in [-0.2, -0.15) is 0 Å². The van der Waals surface area contributed by atoms with Crippen LogP contribution in [0, 0.1) is 11.8 Å². The van der Waals surface area contributed by atoms with E-state index in [4.69, 9.17) is 43.1 Å². The number of carbonyl (C=O) groups excluding carboxylic acids is 1. The molecule has 4 N–H and O–H groups in total.